The van der Waals surface area contributed by atoms with Gasteiger partial charge in [0.25, 0.3) is 0 Å². The highest BCUT2D eigenvalue weighted by Crippen LogP contribution is 2.25. The Morgan fingerprint density at radius 3 is 2.75 bits per heavy atom. The zero-order chi connectivity index (χ0) is 11.4. The molecule has 0 bridgehead atoms. The highest BCUT2D eigenvalue weighted by molar-refractivity contribution is 5.14. The molecule has 2 nitrogen and oxygen atoms in total. The fourth-order valence-electron chi connectivity index (χ4n) is 2.32. The van der Waals surface area contributed by atoms with Crippen molar-refractivity contribution in [3.63, 3.8) is 0 Å². The van der Waals surface area contributed by atoms with Gasteiger partial charge in [-0.25, -0.2) is 4.39 Å². The molecule has 0 unspecified atom stereocenters. The van der Waals surface area contributed by atoms with Crippen LogP contribution in [0.25, 0.3) is 0 Å². The maximum Gasteiger partial charge on any atom is 0.135 e. The first-order valence-electron chi connectivity index (χ1n) is 5.87. The molecule has 0 radical (unpaired) electrons. The Morgan fingerprint density at radius 2 is 2.06 bits per heavy atom. The van der Waals surface area contributed by atoms with Crippen LogP contribution in [-0.2, 0) is 6.54 Å². The molecule has 0 amide bonds. The molecule has 1 saturated heterocycles. The molecule has 88 valence electrons. The van der Waals surface area contributed by atoms with E-state index >= 15 is 0 Å². The van der Waals surface area contributed by atoms with Gasteiger partial charge in [0.2, 0.25) is 0 Å². The van der Waals surface area contributed by atoms with Crippen molar-refractivity contribution in [2.24, 2.45) is 5.73 Å². The minimum atomic E-state index is -1.17. The fraction of sp³-hybridized carbons (Fsp3) is 0.538. The minimum absolute atomic E-state index is 0.137. The zero-order valence-corrected chi connectivity index (χ0v) is 9.53. The summed E-state index contributed by atoms with van der Waals surface area (Å²) < 4.78 is 14.1. The Kier molecular flexibility index (Phi) is 3.56. The Bertz CT molecular complexity index is 328. The molecule has 2 rings (SSSR count). The van der Waals surface area contributed by atoms with Crippen molar-refractivity contribution in [2.45, 2.75) is 25.1 Å². The van der Waals surface area contributed by atoms with Gasteiger partial charge < -0.3 is 5.73 Å². The van der Waals surface area contributed by atoms with Gasteiger partial charge in [-0.1, -0.05) is 30.3 Å². The number of hydrogen-bond donors (Lipinski definition) is 1. The summed E-state index contributed by atoms with van der Waals surface area (Å²) in [5, 5.41) is 0. The molecule has 1 atom stereocenters. The predicted molar refractivity (Wildman–Crippen MR) is 63.8 cm³/mol. The lowest BCUT2D eigenvalue weighted by atomic mass is 9.94. The van der Waals surface area contributed by atoms with E-state index in [0.29, 0.717) is 13.0 Å². The number of halogens is 1. The molecule has 1 fully saturated rings. The third kappa shape index (κ3) is 2.80. The molecule has 0 saturated carbocycles. The number of rotatable bonds is 3. The van der Waals surface area contributed by atoms with Gasteiger partial charge in [0.05, 0.1) is 0 Å². The fourth-order valence-corrected chi connectivity index (χ4v) is 2.32. The maximum absolute atomic E-state index is 14.1. The Morgan fingerprint density at radius 1 is 1.31 bits per heavy atom. The van der Waals surface area contributed by atoms with Gasteiger partial charge in [0.15, 0.2) is 0 Å². The Labute approximate surface area is 96.2 Å². The molecular weight excluding hydrogens is 203 g/mol. The van der Waals surface area contributed by atoms with Crippen LogP contribution in [0.4, 0.5) is 4.39 Å². The molecule has 1 aromatic rings. The Balaban J connectivity index is 1.96. The van der Waals surface area contributed by atoms with Crippen LogP contribution in [0.5, 0.6) is 0 Å². The molecule has 0 spiro atoms. The summed E-state index contributed by atoms with van der Waals surface area (Å²) in [7, 11) is 0. The molecule has 1 aliphatic rings. The molecule has 1 aromatic carbocycles. The van der Waals surface area contributed by atoms with Crippen molar-refractivity contribution in [3.8, 4) is 0 Å². The highest BCUT2D eigenvalue weighted by atomic mass is 19.1. The first kappa shape index (κ1) is 11.6. The van der Waals surface area contributed by atoms with E-state index in [0.717, 1.165) is 19.5 Å². The van der Waals surface area contributed by atoms with E-state index in [1.165, 1.54) is 5.56 Å². The van der Waals surface area contributed by atoms with Crippen LogP contribution in [0.1, 0.15) is 18.4 Å². The monoisotopic (exact) mass is 222 g/mol. The summed E-state index contributed by atoms with van der Waals surface area (Å²) >= 11 is 0. The Hall–Kier alpha value is -0.930. The summed E-state index contributed by atoms with van der Waals surface area (Å²) in [6, 6.07) is 10.2. The van der Waals surface area contributed by atoms with Gasteiger partial charge in [0.1, 0.15) is 5.67 Å². The quantitative estimate of drug-likeness (QED) is 0.847. The molecular formula is C13H19FN2. The van der Waals surface area contributed by atoms with Crippen LogP contribution < -0.4 is 5.73 Å². The summed E-state index contributed by atoms with van der Waals surface area (Å²) in [6.45, 7) is 2.41. The van der Waals surface area contributed by atoms with Crippen molar-refractivity contribution in [1.29, 1.82) is 0 Å². The predicted octanol–water partition coefficient (Wildman–Crippen LogP) is 1.95. The molecule has 3 heteroatoms. The van der Waals surface area contributed by atoms with Crippen LogP contribution in [-0.4, -0.2) is 30.2 Å². The summed E-state index contributed by atoms with van der Waals surface area (Å²) in [4.78, 5) is 2.16. The number of alkyl halides is 1. The van der Waals surface area contributed by atoms with Crippen molar-refractivity contribution in [1.82, 2.24) is 4.90 Å². The van der Waals surface area contributed by atoms with Crippen molar-refractivity contribution < 1.29 is 4.39 Å². The van der Waals surface area contributed by atoms with Crippen LogP contribution in [0, 0.1) is 0 Å². The normalized spacial score (nSPS) is 26.9. The summed E-state index contributed by atoms with van der Waals surface area (Å²) in [6.07, 6.45) is 1.51. The first-order valence-corrected chi connectivity index (χ1v) is 5.87. The second-order valence-corrected chi connectivity index (χ2v) is 4.65. The van der Waals surface area contributed by atoms with Crippen LogP contribution in [0.2, 0.25) is 0 Å². The van der Waals surface area contributed by atoms with Crippen LogP contribution in [0.15, 0.2) is 30.3 Å². The molecule has 1 aliphatic heterocycles. The van der Waals surface area contributed by atoms with E-state index in [2.05, 4.69) is 17.0 Å². The van der Waals surface area contributed by atoms with Crippen LogP contribution in [0.3, 0.4) is 0 Å². The maximum atomic E-state index is 14.1. The van der Waals surface area contributed by atoms with Crippen molar-refractivity contribution in [2.75, 3.05) is 19.6 Å². The first-order chi connectivity index (χ1) is 7.72. The van der Waals surface area contributed by atoms with E-state index in [-0.39, 0.29) is 6.54 Å². The van der Waals surface area contributed by atoms with Crippen molar-refractivity contribution in [3.05, 3.63) is 35.9 Å². The number of hydrogen-bond acceptors (Lipinski definition) is 2. The largest absolute Gasteiger partial charge is 0.327 e. The minimum Gasteiger partial charge on any atom is -0.327 e. The molecule has 16 heavy (non-hydrogen) atoms. The standard InChI is InChI=1S/C13H19FN2/c14-13(10-15)7-4-8-16(11-13)9-12-5-2-1-3-6-12/h1-3,5-6H,4,7-11,15H2/t13-/m0/s1. The third-order valence-corrected chi connectivity index (χ3v) is 3.22. The molecule has 0 aliphatic carbocycles. The van der Waals surface area contributed by atoms with E-state index in [1.54, 1.807) is 0 Å². The van der Waals surface area contributed by atoms with Gasteiger partial charge in [0, 0.05) is 19.6 Å². The number of benzene rings is 1. The number of nitrogens with two attached hydrogens (primary N) is 1. The number of piperidine rings is 1. The number of nitrogens with zero attached hydrogens (tertiary/aromatic N) is 1. The molecule has 1 heterocycles. The molecule has 2 N–H and O–H groups in total. The van der Waals surface area contributed by atoms with E-state index in [9.17, 15) is 4.39 Å². The average molecular weight is 222 g/mol. The lowest BCUT2D eigenvalue weighted by Crippen LogP contribution is -2.49. The lowest BCUT2D eigenvalue weighted by Gasteiger charge is -2.36. The topological polar surface area (TPSA) is 29.3 Å². The van der Waals surface area contributed by atoms with Gasteiger partial charge >= 0.3 is 0 Å². The smallest absolute Gasteiger partial charge is 0.135 e. The van der Waals surface area contributed by atoms with Gasteiger partial charge in [-0.3, -0.25) is 4.90 Å². The SMILES string of the molecule is NC[C@@]1(F)CCCN(Cc2ccccc2)C1. The second kappa shape index (κ2) is 4.93. The van der Waals surface area contributed by atoms with Gasteiger partial charge in [-0.2, -0.15) is 0 Å². The summed E-state index contributed by atoms with van der Waals surface area (Å²) in [5.41, 5.74) is 5.56. The van der Waals surface area contributed by atoms with Crippen LogP contribution >= 0.6 is 0 Å². The zero-order valence-electron chi connectivity index (χ0n) is 9.53. The highest BCUT2D eigenvalue weighted by Gasteiger charge is 2.33. The van der Waals surface area contributed by atoms with Gasteiger partial charge in [-0.05, 0) is 24.9 Å². The van der Waals surface area contributed by atoms with E-state index in [4.69, 9.17) is 5.73 Å². The lowest BCUT2D eigenvalue weighted by molar-refractivity contribution is 0.0482. The third-order valence-electron chi connectivity index (χ3n) is 3.22. The second-order valence-electron chi connectivity index (χ2n) is 4.65. The van der Waals surface area contributed by atoms with E-state index < -0.39 is 5.67 Å². The van der Waals surface area contributed by atoms with Gasteiger partial charge in [-0.15, -0.1) is 0 Å². The average Bonchev–Trinajstić information content (AvgIpc) is 2.30. The molecule has 0 aromatic heterocycles. The number of likely N-dealkylation sites (tertiary alicyclic amines) is 1. The summed E-state index contributed by atoms with van der Waals surface area (Å²) in [5.74, 6) is 0. The van der Waals surface area contributed by atoms with Crippen molar-refractivity contribution >= 4 is 0 Å². The van der Waals surface area contributed by atoms with E-state index in [1.807, 2.05) is 18.2 Å².